The Hall–Kier alpha value is -4.34. The molecule has 1 aliphatic carbocycles. The summed E-state index contributed by atoms with van der Waals surface area (Å²) in [6.07, 6.45) is 1.75. The van der Waals surface area contributed by atoms with E-state index in [4.69, 9.17) is 37.9 Å². The van der Waals surface area contributed by atoms with Crippen LogP contribution in [0.15, 0.2) is 35.4 Å². The number of rotatable bonds is 8. The van der Waals surface area contributed by atoms with Gasteiger partial charge >= 0.3 is 11.9 Å². The van der Waals surface area contributed by atoms with Gasteiger partial charge in [0, 0.05) is 45.2 Å². The Morgan fingerprint density at radius 3 is 1.67 bits per heavy atom. The molecule has 0 bridgehead atoms. The van der Waals surface area contributed by atoms with E-state index < -0.39 is 24.1 Å². The summed E-state index contributed by atoms with van der Waals surface area (Å²) in [5.74, 6) is 0.504. The molecule has 10 nitrogen and oxygen atoms in total. The zero-order chi connectivity index (χ0) is 31.6. The molecule has 0 radical (unpaired) electrons. The van der Waals surface area contributed by atoms with Crippen LogP contribution in [0.3, 0.4) is 0 Å². The highest BCUT2D eigenvalue weighted by Gasteiger charge is 2.44. The average molecular weight is 597 g/mol. The summed E-state index contributed by atoms with van der Waals surface area (Å²) in [6.45, 7) is 10.8. The third-order valence-electron chi connectivity index (χ3n) is 8.34. The van der Waals surface area contributed by atoms with Crippen molar-refractivity contribution in [1.82, 2.24) is 0 Å². The predicted molar refractivity (Wildman–Crippen MR) is 159 cm³/mol. The molecule has 0 aromatic heterocycles. The molecule has 0 fully saturated rings. The Bertz CT molecular complexity index is 1470. The van der Waals surface area contributed by atoms with Gasteiger partial charge in [0.15, 0.2) is 23.0 Å². The number of methoxy groups -OCH3 is 4. The van der Waals surface area contributed by atoms with Crippen molar-refractivity contribution in [3.63, 3.8) is 0 Å². The molecule has 2 aromatic carbocycles. The van der Waals surface area contributed by atoms with Gasteiger partial charge in [-0.15, -0.1) is 0 Å². The third-order valence-corrected chi connectivity index (χ3v) is 8.34. The van der Waals surface area contributed by atoms with Gasteiger partial charge in [0.1, 0.15) is 12.2 Å². The molecular weight excluding hydrogens is 556 g/mol. The number of carbonyl (C=O) groups excluding carboxylic acids is 2. The number of benzene rings is 2. The van der Waals surface area contributed by atoms with Crippen LogP contribution in [0.5, 0.6) is 34.5 Å². The van der Waals surface area contributed by atoms with Crippen LogP contribution in [0.2, 0.25) is 0 Å². The summed E-state index contributed by atoms with van der Waals surface area (Å²) < 4.78 is 47.7. The minimum absolute atomic E-state index is 0.0124. The predicted octanol–water partition coefficient (Wildman–Crippen LogP) is 6.50. The number of hydrogen-bond acceptors (Lipinski definition) is 10. The Labute approximate surface area is 252 Å². The van der Waals surface area contributed by atoms with E-state index in [-0.39, 0.29) is 18.6 Å². The lowest BCUT2D eigenvalue weighted by atomic mass is 9.74. The molecule has 4 rings (SSSR count). The van der Waals surface area contributed by atoms with Crippen molar-refractivity contribution in [3.8, 4) is 45.6 Å². The standard InChI is InChI=1S/C33H40O10/c1-11-16(3)32(34)42-26-18(5)19(6)27(43-33(35)17(4)12-2)21-14-23-29(41-15-40-23)31(39-10)25(21)24-20(26)13-22(36-7)28(37-8)30(24)38-9/h11-14,18-19,26-27H,15H2,1-10H3/b16-11+,17-12-/t18-,19+,26-,27-/m0/s1. The van der Waals surface area contributed by atoms with Crippen molar-refractivity contribution < 1.29 is 47.5 Å². The summed E-state index contributed by atoms with van der Waals surface area (Å²) in [7, 11) is 6.07. The molecule has 0 spiro atoms. The first-order valence-electron chi connectivity index (χ1n) is 14.1. The number of ether oxygens (including phenoxy) is 8. The first-order chi connectivity index (χ1) is 20.6. The van der Waals surface area contributed by atoms with E-state index in [2.05, 4.69) is 0 Å². The van der Waals surface area contributed by atoms with Gasteiger partial charge in [-0.3, -0.25) is 0 Å². The van der Waals surface area contributed by atoms with Gasteiger partial charge in [-0.05, 0) is 39.8 Å². The molecule has 2 aromatic rings. The Kier molecular flexibility index (Phi) is 9.47. The Balaban J connectivity index is 2.20. The van der Waals surface area contributed by atoms with Crippen LogP contribution in [-0.4, -0.2) is 47.2 Å². The van der Waals surface area contributed by atoms with Gasteiger partial charge in [-0.1, -0.05) is 26.0 Å². The fourth-order valence-electron chi connectivity index (χ4n) is 5.48. The van der Waals surface area contributed by atoms with Crippen LogP contribution in [0, 0.1) is 11.8 Å². The third kappa shape index (κ3) is 5.46. The topological polar surface area (TPSA) is 108 Å². The zero-order valence-corrected chi connectivity index (χ0v) is 26.4. The zero-order valence-electron chi connectivity index (χ0n) is 26.4. The SMILES string of the molecule is C/C=C(/C)C(=O)O[C@@H]1c2cc3c(c(OC)c2-c2c(cc(OC)c(OC)c2OC)[C@@H](OC(=O)/C(C)=C/C)[C@@H](C)[C@H]1C)OCO3. The highest BCUT2D eigenvalue weighted by molar-refractivity contribution is 5.92. The summed E-state index contributed by atoms with van der Waals surface area (Å²) in [5.41, 5.74) is 3.15. The average Bonchev–Trinajstić information content (AvgIpc) is 3.50. The maximum atomic E-state index is 13.3. The van der Waals surface area contributed by atoms with Crippen molar-refractivity contribution in [2.75, 3.05) is 35.2 Å². The minimum atomic E-state index is -0.826. The molecule has 0 saturated heterocycles. The number of hydrogen-bond donors (Lipinski definition) is 0. The van der Waals surface area contributed by atoms with Gasteiger partial charge in [0.2, 0.25) is 18.3 Å². The molecule has 0 amide bonds. The summed E-state index contributed by atoms with van der Waals surface area (Å²) in [6, 6.07) is 3.59. The van der Waals surface area contributed by atoms with Gasteiger partial charge in [0.05, 0.1) is 28.4 Å². The van der Waals surface area contributed by atoms with Gasteiger partial charge in [-0.2, -0.15) is 0 Å². The van der Waals surface area contributed by atoms with Crippen molar-refractivity contribution >= 4 is 11.9 Å². The number of fused-ring (bicyclic) bond motifs is 4. The molecule has 1 heterocycles. The number of allylic oxidation sites excluding steroid dienone is 2. The van der Waals surface area contributed by atoms with E-state index in [0.717, 1.165) is 0 Å². The minimum Gasteiger partial charge on any atom is -0.493 e. The maximum absolute atomic E-state index is 13.3. The van der Waals surface area contributed by atoms with E-state index in [9.17, 15) is 9.59 Å². The highest BCUT2D eigenvalue weighted by atomic mass is 16.7. The second-order valence-corrected chi connectivity index (χ2v) is 10.5. The summed E-state index contributed by atoms with van der Waals surface area (Å²) in [4.78, 5) is 26.6. The Morgan fingerprint density at radius 2 is 1.21 bits per heavy atom. The quantitative estimate of drug-likeness (QED) is 0.247. The van der Waals surface area contributed by atoms with Crippen LogP contribution >= 0.6 is 0 Å². The van der Waals surface area contributed by atoms with E-state index in [1.54, 1.807) is 45.9 Å². The lowest BCUT2D eigenvalue weighted by Gasteiger charge is -2.39. The Morgan fingerprint density at radius 1 is 0.721 bits per heavy atom. The van der Waals surface area contributed by atoms with E-state index in [1.165, 1.54) is 28.4 Å². The van der Waals surface area contributed by atoms with E-state index >= 15 is 0 Å². The number of esters is 2. The smallest absolute Gasteiger partial charge is 0.333 e. The molecule has 1 aliphatic heterocycles. The lowest BCUT2D eigenvalue weighted by Crippen LogP contribution is -2.31. The van der Waals surface area contributed by atoms with Gasteiger partial charge < -0.3 is 37.9 Å². The maximum Gasteiger partial charge on any atom is 0.333 e. The fraction of sp³-hybridized carbons (Fsp3) is 0.455. The molecule has 2 aliphatic rings. The van der Waals surface area contributed by atoms with Gasteiger partial charge in [0.25, 0.3) is 0 Å². The molecule has 10 heteroatoms. The van der Waals surface area contributed by atoms with Crippen molar-refractivity contribution in [2.24, 2.45) is 11.8 Å². The normalized spacial score (nSPS) is 21.1. The first kappa shape index (κ1) is 31.6. The molecule has 0 saturated carbocycles. The number of carbonyl (C=O) groups is 2. The van der Waals surface area contributed by atoms with Crippen molar-refractivity contribution in [3.05, 3.63) is 46.6 Å². The van der Waals surface area contributed by atoms with E-state index in [1.807, 2.05) is 19.9 Å². The monoisotopic (exact) mass is 596 g/mol. The van der Waals surface area contributed by atoms with Crippen LogP contribution < -0.4 is 28.4 Å². The van der Waals surface area contributed by atoms with Crippen molar-refractivity contribution in [1.29, 1.82) is 0 Å². The molecule has 0 unspecified atom stereocenters. The molecule has 4 atom stereocenters. The van der Waals surface area contributed by atoms with Crippen LogP contribution in [0.25, 0.3) is 11.1 Å². The molecule has 43 heavy (non-hydrogen) atoms. The largest absolute Gasteiger partial charge is 0.493 e. The second kappa shape index (κ2) is 12.9. The van der Waals surface area contributed by atoms with E-state index in [0.29, 0.717) is 67.9 Å². The molecule has 232 valence electrons. The molecule has 0 N–H and O–H groups in total. The lowest BCUT2D eigenvalue weighted by molar-refractivity contribution is -0.156. The first-order valence-corrected chi connectivity index (χ1v) is 14.1. The second-order valence-electron chi connectivity index (χ2n) is 10.5. The van der Waals surface area contributed by atoms with Crippen LogP contribution in [0.4, 0.5) is 0 Å². The highest BCUT2D eigenvalue weighted by Crippen LogP contribution is 2.60. The van der Waals surface area contributed by atoms with Crippen LogP contribution in [-0.2, 0) is 19.1 Å². The van der Waals surface area contributed by atoms with Crippen molar-refractivity contribution in [2.45, 2.75) is 53.8 Å². The summed E-state index contributed by atoms with van der Waals surface area (Å²) >= 11 is 0. The molecular formula is C33H40O10. The fourth-order valence-corrected chi connectivity index (χ4v) is 5.48. The summed E-state index contributed by atoms with van der Waals surface area (Å²) in [5, 5.41) is 0. The van der Waals surface area contributed by atoms with Crippen LogP contribution in [0.1, 0.15) is 64.9 Å². The van der Waals surface area contributed by atoms with Gasteiger partial charge in [-0.25, -0.2) is 9.59 Å².